The quantitative estimate of drug-likeness (QED) is 0.567. The number of fused-ring (bicyclic) bond motifs is 1. The first-order chi connectivity index (χ1) is 15.9. The Balaban J connectivity index is 0.00000342. The summed E-state index contributed by atoms with van der Waals surface area (Å²) in [7, 11) is -2.97. The van der Waals surface area contributed by atoms with Crippen molar-refractivity contribution in [2.24, 2.45) is 10.7 Å². The van der Waals surface area contributed by atoms with E-state index in [1.165, 1.54) is 0 Å². The maximum atomic E-state index is 14.7. The van der Waals surface area contributed by atoms with Gasteiger partial charge in [0.2, 0.25) is 16.0 Å². The Kier molecular flexibility index (Phi) is 6.82. The van der Waals surface area contributed by atoms with Gasteiger partial charge in [0.05, 0.1) is 6.20 Å². The van der Waals surface area contributed by atoms with Gasteiger partial charge in [-0.3, -0.25) is 4.79 Å². The highest BCUT2D eigenvalue weighted by Crippen LogP contribution is 2.37. The van der Waals surface area contributed by atoms with Crippen LogP contribution in [0.4, 0.5) is 23.2 Å². The van der Waals surface area contributed by atoms with Gasteiger partial charge in [-0.25, -0.2) is 31.5 Å². The molecule has 190 valence electrons. The largest absolute Gasteiger partial charge is 0.479 e. The average Bonchev–Trinajstić information content (AvgIpc) is 2.77. The van der Waals surface area contributed by atoms with Crippen LogP contribution in [0.25, 0.3) is 0 Å². The van der Waals surface area contributed by atoms with Crippen molar-refractivity contribution in [1.82, 2.24) is 9.29 Å². The molecule has 2 aliphatic heterocycles. The molecule has 1 aromatic heterocycles. The van der Waals surface area contributed by atoms with Crippen LogP contribution in [0.1, 0.15) is 16.1 Å². The maximum absolute atomic E-state index is 14.7. The lowest BCUT2D eigenvalue weighted by Gasteiger charge is -2.35. The summed E-state index contributed by atoms with van der Waals surface area (Å²) in [5, 5.41) is 2.40. The number of aromatic nitrogens is 1. The lowest BCUT2D eigenvalue weighted by molar-refractivity contribution is -0.209. The number of nitrogens with zero attached hydrogens (tertiary/aromatic N) is 3. The normalized spacial score (nSPS) is 22.0. The molecule has 3 heterocycles. The number of hydrogen-bond acceptors (Lipinski definition) is 8. The van der Waals surface area contributed by atoms with Crippen LogP contribution in [0, 0.1) is 5.82 Å². The molecule has 2 aromatic rings. The maximum Gasteiger partial charge on any atom is 0.433 e. The second-order valence-electron chi connectivity index (χ2n) is 7.55. The number of rotatable bonds is 4. The third kappa shape index (κ3) is 4.93. The van der Waals surface area contributed by atoms with E-state index in [2.05, 4.69) is 20.0 Å². The van der Waals surface area contributed by atoms with E-state index in [-0.39, 0.29) is 36.4 Å². The van der Waals surface area contributed by atoms with Crippen LogP contribution < -0.4 is 20.5 Å². The summed E-state index contributed by atoms with van der Waals surface area (Å²) in [6.07, 6.45) is -2.66. The van der Waals surface area contributed by atoms with Crippen LogP contribution in [-0.2, 0) is 15.6 Å². The minimum Gasteiger partial charge on any atom is -0.479 e. The second-order valence-corrected chi connectivity index (χ2v) is 9.55. The second kappa shape index (κ2) is 9.07. The topological polar surface area (TPSA) is 136 Å². The van der Waals surface area contributed by atoms with Gasteiger partial charge >= 0.3 is 6.11 Å². The van der Waals surface area contributed by atoms with E-state index in [1.54, 1.807) is 0 Å². The number of nitrogens with one attached hydrogen (secondary N) is 1. The molecule has 0 spiro atoms. The van der Waals surface area contributed by atoms with Gasteiger partial charge in [0, 0.05) is 24.4 Å². The van der Waals surface area contributed by atoms with E-state index in [4.69, 9.17) is 10.5 Å². The minimum atomic E-state index is -4.10. The summed E-state index contributed by atoms with van der Waals surface area (Å²) in [6, 6.07) is 4.15. The number of nitrogens with two attached hydrogens (primary N) is 1. The molecule has 0 bridgehead atoms. The Morgan fingerprint density at radius 3 is 2.66 bits per heavy atom. The third-order valence-electron chi connectivity index (χ3n) is 5.16. The summed E-state index contributed by atoms with van der Waals surface area (Å²) in [5.74, 6) is -3.72. The van der Waals surface area contributed by atoms with E-state index in [0.717, 1.165) is 37.5 Å². The highest BCUT2D eigenvalue weighted by atomic mass is 32.2. The van der Waals surface area contributed by atoms with Gasteiger partial charge in [0.25, 0.3) is 5.91 Å². The predicted octanol–water partition coefficient (Wildman–Crippen LogP) is 1.70. The molecule has 35 heavy (non-hydrogen) atoms. The molecular weight excluding hydrogens is 518 g/mol. The molecule has 0 saturated heterocycles. The first-order valence-corrected chi connectivity index (χ1v) is 11.2. The van der Waals surface area contributed by atoms with Crippen LogP contribution >= 0.6 is 13.5 Å². The zero-order chi connectivity index (χ0) is 24.9. The number of alkyl halides is 3. The van der Waals surface area contributed by atoms with Crippen LogP contribution in [0.2, 0.25) is 0 Å². The Bertz CT molecular complexity index is 1310. The van der Waals surface area contributed by atoms with Gasteiger partial charge in [0.1, 0.15) is 29.5 Å². The number of carbonyl (C=O) groups excluding carboxylic acids is 1. The number of aliphatic imine (C=N–C) groups is 1. The number of carbonyl (C=O) groups is 1. The van der Waals surface area contributed by atoms with Crippen molar-refractivity contribution >= 4 is 41.1 Å². The molecule has 3 N–H and O–H groups in total. The highest BCUT2D eigenvalue weighted by Gasteiger charge is 2.45. The average molecular weight is 538 g/mol. The summed E-state index contributed by atoms with van der Waals surface area (Å²) < 4.78 is 90.0. The van der Waals surface area contributed by atoms with Crippen molar-refractivity contribution < 1.29 is 40.2 Å². The number of benzene rings is 1. The van der Waals surface area contributed by atoms with E-state index in [1.807, 2.05) is 0 Å². The smallest absolute Gasteiger partial charge is 0.433 e. The van der Waals surface area contributed by atoms with Crippen LogP contribution in [0.3, 0.4) is 0 Å². The Labute approximate surface area is 203 Å². The minimum absolute atomic E-state index is 0. The fraction of sp³-hybridized carbons (Fsp3) is 0.316. The summed E-state index contributed by atoms with van der Waals surface area (Å²) in [6.45, 7) is -2.44. The predicted molar refractivity (Wildman–Crippen MR) is 121 cm³/mol. The van der Waals surface area contributed by atoms with E-state index >= 15 is 0 Å². The molecule has 16 heteroatoms. The number of hydrogen-bond donors (Lipinski definition) is 2. The van der Waals surface area contributed by atoms with E-state index in [0.29, 0.717) is 4.31 Å². The molecule has 10 nitrogen and oxygen atoms in total. The fourth-order valence-electron chi connectivity index (χ4n) is 3.39. The Morgan fingerprint density at radius 2 is 2.00 bits per heavy atom. The molecule has 1 amide bonds. The first-order valence-electron chi connectivity index (χ1n) is 9.55. The molecule has 1 aromatic carbocycles. The molecule has 0 unspecified atom stereocenters. The molecule has 4 rings (SSSR count). The van der Waals surface area contributed by atoms with Crippen molar-refractivity contribution in [3.05, 3.63) is 47.5 Å². The van der Waals surface area contributed by atoms with Crippen molar-refractivity contribution in [1.29, 1.82) is 0 Å². The molecular formula is C19H19F4N5O5S2. The van der Waals surface area contributed by atoms with E-state index < -0.39 is 64.0 Å². The van der Waals surface area contributed by atoms with Crippen LogP contribution in [0.5, 0.6) is 11.5 Å². The zero-order valence-electron chi connectivity index (χ0n) is 17.9. The van der Waals surface area contributed by atoms with Crippen molar-refractivity contribution in [2.75, 3.05) is 31.4 Å². The van der Waals surface area contributed by atoms with Gasteiger partial charge in [-0.15, -0.1) is 0 Å². The highest BCUT2D eigenvalue weighted by molar-refractivity contribution is 7.89. The van der Waals surface area contributed by atoms with Crippen molar-refractivity contribution in [3.63, 3.8) is 0 Å². The van der Waals surface area contributed by atoms with Gasteiger partial charge in [-0.1, -0.05) is 0 Å². The molecule has 0 aliphatic carbocycles. The number of anilines is 1. The van der Waals surface area contributed by atoms with Crippen molar-refractivity contribution in [2.45, 2.75) is 11.6 Å². The summed E-state index contributed by atoms with van der Waals surface area (Å²) in [4.78, 5) is 20.2. The number of ether oxygens (including phenoxy) is 2. The number of amides is 1. The Morgan fingerprint density at radius 1 is 1.29 bits per heavy atom. The monoisotopic (exact) mass is 537 g/mol. The summed E-state index contributed by atoms with van der Waals surface area (Å²) in [5.41, 5.74) is 2.73. The zero-order valence-corrected chi connectivity index (χ0v) is 19.7. The van der Waals surface area contributed by atoms with Gasteiger partial charge in [0.15, 0.2) is 18.1 Å². The lowest BCUT2D eigenvalue weighted by atomic mass is 9.92. The number of pyridine rings is 1. The molecule has 2 aliphatic rings. The third-order valence-corrected chi connectivity index (χ3v) is 7.02. The van der Waals surface area contributed by atoms with Crippen molar-refractivity contribution in [3.8, 4) is 11.5 Å². The molecule has 1 atom stereocenters. The Hall–Kier alpha value is -3.27. The SMILES string of the molecule is CN1C(N)=N[C@](CF)(c2cc(NC(=O)c3cc4c(cn3)OC(F)(F)CO4)ccc2F)CS1(=O)=O.S. The fourth-order valence-corrected chi connectivity index (χ4v) is 4.81. The molecule has 0 fully saturated rings. The van der Waals surface area contributed by atoms with Gasteiger partial charge in [-0.2, -0.15) is 22.3 Å². The molecule has 0 saturated carbocycles. The van der Waals surface area contributed by atoms with E-state index in [9.17, 15) is 30.8 Å². The van der Waals surface area contributed by atoms with Gasteiger partial charge in [-0.05, 0) is 18.2 Å². The number of halogens is 4. The summed E-state index contributed by atoms with van der Waals surface area (Å²) >= 11 is 0. The molecule has 0 radical (unpaired) electrons. The van der Waals surface area contributed by atoms with Crippen LogP contribution in [-0.4, -0.2) is 61.8 Å². The lowest BCUT2D eigenvalue weighted by Crippen LogP contribution is -2.52. The standard InChI is InChI=1S/C19H17F4N5O5S.H2S/c1-28-17(24)27-18(7-20,9-34(28,30)31)11-4-10(2-3-12(11)21)26-16(29)13-5-14-15(6-25-13)33-19(22,23)8-32-14;/h2-6H,7-9H2,1H3,(H2,24,27)(H,26,29);1H2/t18-;/m0./s1. The van der Waals surface area contributed by atoms with Gasteiger partial charge < -0.3 is 20.5 Å². The first kappa shape index (κ1) is 26.3. The van der Waals surface area contributed by atoms with Crippen LogP contribution in [0.15, 0.2) is 35.5 Å². The number of sulfonamides is 1. The number of guanidine groups is 1.